The van der Waals surface area contributed by atoms with Crippen molar-refractivity contribution in [2.75, 3.05) is 0 Å². The van der Waals surface area contributed by atoms with E-state index >= 15 is 0 Å². The highest BCUT2D eigenvalue weighted by Gasteiger charge is 2.04. The molecule has 0 atom stereocenters. The summed E-state index contributed by atoms with van der Waals surface area (Å²) < 4.78 is 18.7. The molecule has 0 saturated heterocycles. The predicted molar refractivity (Wildman–Crippen MR) is 63.8 cm³/mol. The normalized spacial score (nSPS) is 10.2. The summed E-state index contributed by atoms with van der Waals surface area (Å²) in [7, 11) is 0. The van der Waals surface area contributed by atoms with Crippen molar-refractivity contribution in [1.29, 1.82) is 0 Å². The quantitative estimate of drug-likeness (QED) is 0.901. The lowest BCUT2D eigenvalue weighted by Gasteiger charge is -2.07. The summed E-state index contributed by atoms with van der Waals surface area (Å²) >= 11 is 5.76. The Kier molecular flexibility index (Phi) is 3.49. The van der Waals surface area contributed by atoms with Crippen LogP contribution in [0.4, 0.5) is 4.39 Å². The summed E-state index contributed by atoms with van der Waals surface area (Å²) in [5, 5.41) is 9.69. The van der Waals surface area contributed by atoms with Crippen LogP contribution in [0.5, 0.6) is 11.5 Å². The van der Waals surface area contributed by atoms with Crippen molar-refractivity contribution < 1.29 is 14.2 Å². The number of ether oxygens (including phenoxy) is 1. The van der Waals surface area contributed by atoms with E-state index < -0.39 is 0 Å². The lowest BCUT2D eigenvalue weighted by molar-refractivity contribution is 0.298. The molecule has 2 aromatic rings. The monoisotopic (exact) mass is 252 g/mol. The second-order valence-electron chi connectivity index (χ2n) is 3.52. The summed E-state index contributed by atoms with van der Waals surface area (Å²) in [5.74, 6) is 0.216. The Balaban J connectivity index is 2.09. The Hall–Kier alpha value is -1.74. The molecule has 2 nitrogen and oxygen atoms in total. The molecule has 0 aliphatic rings. The standard InChI is InChI=1S/C13H10ClFO2/c14-10-4-5-13(15)9(6-10)8-17-12-3-1-2-11(16)7-12/h1-7,16H,8H2. The topological polar surface area (TPSA) is 29.5 Å². The first-order chi connectivity index (χ1) is 8.15. The van der Waals surface area contributed by atoms with Crippen LogP contribution in [0.1, 0.15) is 5.56 Å². The second kappa shape index (κ2) is 5.06. The highest BCUT2D eigenvalue weighted by molar-refractivity contribution is 6.30. The molecule has 2 aromatic carbocycles. The summed E-state index contributed by atoms with van der Waals surface area (Å²) in [6, 6.07) is 10.6. The summed E-state index contributed by atoms with van der Waals surface area (Å²) in [6.07, 6.45) is 0. The third kappa shape index (κ3) is 3.11. The first-order valence-corrected chi connectivity index (χ1v) is 5.39. The molecule has 0 amide bonds. The third-order valence-corrected chi connectivity index (χ3v) is 2.45. The smallest absolute Gasteiger partial charge is 0.129 e. The van der Waals surface area contributed by atoms with Gasteiger partial charge in [-0.05, 0) is 30.3 Å². The summed E-state index contributed by atoms with van der Waals surface area (Å²) in [5.41, 5.74) is 0.376. The number of benzene rings is 2. The molecule has 0 aliphatic heterocycles. The van der Waals surface area contributed by atoms with Gasteiger partial charge < -0.3 is 9.84 Å². The van der Waals surface area contributed by atoms with Gasteiger partial charge in [0, 0.05) is 16.7 Å². The van der Waals surface area contributed by atoms with Crippen LogP contribution in [-0.4, -0.2) is 5.11 Å². The van der Waals surface area contributed by atoms with Gasteiger partial charge in [-0.2, -0.15) is 0 Å². The molecule has 0 radical (unpaired) electrons. The Morgan fingerprint density at radius 2 is 2.00 bits per heavy atom. The molecule has 2 rings (SSSR count). The van der Waals surface area contributed by atoms with Gasteiger partial charge in [-0.1, -0.05) is 17.7 Å². The molecule has 17 heavy (non-hydrogen) atoms. The fraction of sp³-hybridized carbons (Fsp3) is 0.0769. The zero-order valence-electron chi connectivity index (χ0n) is 8.86. The van der Waals surface area contributed by atoms with Crippen LogP contribution >= 0.6 is 11.6 Å². The SMILES string of the molecule is Oc1cccc(OCc2cc(Cl)ccc2F)c1. The number of phenols is 1. The van der Waals surface area contributed by atoms with Gasteiger partial charge in [0.2, 0.25) is 0 Å². The fourth-order valence-corrected chi connectivity index (χ4v) is 1.58. The minimum atomic E-state index is -0.366. The Morgan fingerprint density at radius 1 is 1.18 bits per heavy atom. The summed E-state index contributed by atoms with van der Waals surface area (Å²) in [4.78, 5) is 0. The van der Waals surface area contributed by atoms with Crippen molar-refractivity contribution in [3.05, 3.63) is 58.9 Å². The van der Waals surface area contributed by atoms with Gasteiger partial charge in [0.15, 0.2) is 0 Å². The van der Waals surface area contributed by atoms with Gasteiger partial charge in [0.25, 0.3) is 0 Å². The Bertz CT molecular complexity index is 529. The van der Waals surface area contributed by atoms with E-state index in [1.54, 1.807) is 12.1 Å². The molecule has 88 valence electrons. The number of rotatable bonds is 3. The van der Waals surface area contributed by atoms with E-state index in [1.165, 1.54) is 30.3 Å². The number of phenolic OH excluding ortho intramolecular Hbond substituents is 1. The van der Waals surface area contributed by atoms with Crippen LogP contribution in [0.15, 0.2) is 42.5 Å². The molecule has 0 aliphatic carbocycles. The van der Waals surface area contributed by atoms with Crippen molar-refractivity contribution >= 4 is 11.6 Å². The molecular weight excluding hydrogens is 243 g/mol. The van der Waals surface area contributed by atoms with Crippen molar-refractivity contribution in [2.24, 2.45) is 0 Å². The minimum absolute atomic E-state index is 0.0653. The fourth-order valence-electron chi connectivity index (χ4n) is 1.39. The first-order valence-electron chi connectivity index (χ1n) is 5.01. The van der Waals surface area contributed by atoms with E-state index in [1.807, 2.05) is 0 Å². The molecule has 0 spiro atoms. The highest BCUT2D eigenvalue weighted by Crippen LogP contribution is 2.21. The van der Waals surface area contributed by atoms with Gasteiger partial charge >= 0.3 is 0 Å². The van der Waals surface area contributed by atoms with E-state index in [2.05, 4.69) is 0 Å². The number of hydrogen-bond donors (Lipinski definition) is 1. The lowest BCUT2D eigenvalue weighted by atomic mass is 10.2. The third-order valence-electron chi connectivity index (χ3n) is 2.22. The van der Waals surface area contributed by atoms with Gasteiger partial charge in [-0.3, -0.25) is 0 Å². The number of aromatic hydroxyl groups is 1. The van der Waals surface area contributed by atoms with E-state index in [0.29, 0.717) is 16.3 Å². The van der Waals surface area contributed by atoms with Crippen molar-refractivity contribution in [1.82, 2.24) is 0 Å². The minimum Gasteiger partial charge on any atom is -0.508 e. The van der Waals surface area contributed by atoms with Crippen LogP contribution in [0.25, 0.3) is 0 Å². The molecule has 4 heteroatoms. The molecule has 0 aromatic heterocycles. The maximum Gasteiger partial charge on any atom is 0.129 e. The van der Waals surface area contributed by atoms with E-state index in [4.69, 9.17) is 16.3 Å². The maximum atomic E-state index is 13.4. The molecular formula is C13H10ClFO2. The average molecular weight is 253 g/mol. The van der Waals surface area contributed by atoms with E-state index in [9.17, 15) is 9.50 Å². The van der Waals surface area contributed by atoms with Gasteiger partial charge in [-0.25, -0.2) is 4.39 Å². The Morgan fingerprint density at radius 3 is 2.76 bits per heavy atom. The number of hydrogen-bond acceptors (Lipinski definition) is 2. The van der Waals surface area contributed by atoms with Gasteiger partial charge in [-0.15, -0.1) is 0 Å². The second-order valence-corrected chi connectivity index (χ2v) is 3.96. The van der Waals surface area contributed by atoms with Gasteiger partial charge in [0.05, 0.1) is 0 Å². The molecule has 0 heterocycles. The van der Waals surface area contributed by atoms with E-state index in [0.717, 1.165) is 0 Å². The zero-order chi connectivity index (χ0) is 12.3. The van der Waals surface area contributed by atoms with Crippen LogP contribution in [-0.2, 0) is 6.61 Å². The van der Waals surface area contributed by atoms with Crippen LogP contribution < -0.4 is 4.74 Å². The van der Waals surface area contributed by atoms with E-state index in [-0.39, 0.29) is 18.2 Å². The Labute approximate surface area is 103 Å². The highest BCUT2D eigenvalue weighted by atomic mass is 35.5. The summed E-state index contributed by atoms with van der Waals surface area (Å²) in [6.45, 7) is 0.0653. The average Bonchev–Trinajstić information content (AvgIpc) is 2.30. The number of halogens is 2. The molecule has 1 N–H and O–H groups in total. The van der Waals surface area contributed by atoms with Crippen molar-refractivity contribution in [3.63, 3.8) is 0 Å². The maximum absolute atomic E-state index is 13.4. The largest absolute Gasteiger partial charge is 0.508 e. The zero-order valence-corrected chi connectivity index (χ0v) is 9.62. The molecule has 0 fully saturated rings. The first kappa shape index (κ1) is 11.7. The van der Waals surface area contributed by atoms with Crippen LogP contribution in [0.3, 0.4) is 0 Å². The molecule has 0 saturated carbocycles. The van der Waals surface area contributed by atoms with Crippen molar-refractivity contribution in [3.8, 4) is 11.5 Å². The van der Waals surface area contributed by atoms with Crippen molar-refractivity contribution in [2.45, 2.75) is 6.61 Å². The van der Waals surface area contributed by atoms with Crippen LogP contribution in [0.2, 0.25) is 5.02 Å². The van der Waals surface area contributed by atoms with Gasteiger partial charge in [0.1, 0.15) is 23.9 Å². The molecule has 0 bridgehead atoms. The predicted octanol–water partition coefficient (Wildman–Crippen LogP) is 3.76. The van der Waals surface area contributed by atoms with Crippen LogP contribution in [0, 0.1) is 5.82 Å². The molecule has 0 unspecified atom stereocenters. The lowest BCUT2D eigenvalue weighted by Crippen LogP contribution is -1.98.